The van der Waals surface area contributed by atoms with Crippen LogP contribution in [0.5, 0.6) is 17.2 Å². The van der Waals surface area contributed by atoms with Gasteiger partial charge < -0.3 is 19.5 Å². The first kappa shape index (κ1) is 18.7. The largest absolute Gasteiger partial charge is 0.493 e. The van der Waals surface area contributed by atoms with Crippen LogP contribution in [0, 0.1) is 10.1 Å². The highest BCUT2D eigenvalue weighted by Crippen LogP contribution is 2.29. The van der Waals surface area contributed by atoms with Crippen LogP contribution in [0.4, 0.5) is 11.4 Å². The maximum Gasteiger partial charge on any atom is 0.270 e. The van der Waals surface area contributed by atoms with Gasteiger partial charge in [0.05, 0.1) is 24.7 Å². The summed E-state index contributed by atoms with van der Waals surface area (Å²) in [5, 5.41) is 13.3. The summed E-state index contributed by atoms with van der Waals surface area (Å²) in [7, 11) is 2.97. The minimum Gasteiger partial charge on any atom is -0.493 e. The number of amides is 1. The molecule has 26 heavy (non-hydrogen) atoms. The third-order valence-electron chi connectivity index (χ3n) is 3.36. The van der Waals surface area contributed by atoms with E-state index in [0.717, 1.165) is 6.07 Å². The number of hydrogen-bond donors (Lipinski definition) is 1. The third-order valence-corrected chi connectivity index (χ3v) is 3.36. The second kappa shape index (κ2) is 8.47. The van der Waals surface area contributed by atoms with Crippen LogP contribution in [0.25, 0.3) is 0 Å². The molecule has 9 heteroatoms. The zero-order chi connectivity index (χ0) is 19.1. The summed E-state index contributed by atoms with van der Waals surface area (Å²) in [6.07, 6.45) is 0.425. The van der Waals surface area contributed by atoms with E-state index in [9.17, 15) is 19.7 Å². The second-order valence-corrected chi connectivity index (χ2v) is 5.00. The molecule has 2 aromatic rings. The molecule has 0 heterocycles. The van der Waals surface area contributed by atoms with Gasteiger partial charge in [-0.2, -0.15) is 0 Å². The summed E-state index contributed by atoms with van der Waals surface area (Å²) in [4.78, 5) is 33.1. The smallest absolute Gasteiger partial charge is 0.270 e. The van der Waals surface area contributed by atoms with E-state index in [-0.39, 0.29) is 23.6 Å². The van der Waals surface area contributed by atoms with E-state index in [4.69, 9.17) is 14.2 Å². The topological polar surface area (TPSA) is 117 Å². The molecule has 136 valence electrons. The summed E-state index contributed by atoms with van der Waals surface area (Å²) < 4.78 is 15.5. The second-order valence-electron chi connectivity index (χ2n) is 5.00. The van der Waals surface area contributed by atoms with Crippen LogP contribution in [-0.2, 0) is 4.79 Å². The third kappa shape index (κ3) is 4.47. The van der Waals surface area contributed by atoms with Crippen LogP contribution in [0.15, 0.2) is 36.4 Å². The molecule has 2 aromatic carbocycles. The molecule has 2 rings (SSSR count). The number of benzene rings is 2. The van der Waals surface area contributed by atoms with Crippen molar-refractivity contribution in [1.82, 2.24) is 0 Å². The Kier molecular flexibility index (Phi) is 6.10. The maximum absolute atomic E-state index is 12.0. The van der Waals surface area contributed by atoms with Gasteiger partial charge in [0.1, 0.15) is 5.75 Å². The van der Waals surface area contributed by atoms with E-state index in [0.29, 0.717) is 23.5 Å². The normalized spacial score (nSPS) is 9.92. The van der Waals surface area contributed by atoms with E-state index in [1.807, 2.05) is 0 Å². The minimum atomic E-state index is -0.624. The predicted molar refractivity (Wildman–Crippen MR) is 92.2 cm³/mol. The average Bonchev–Trinajstić information content (AvgIpc) is 2.65. The molecule has 0 saturated heterocycles. The molecule has 0 spiro atoms. The van der Waals surface area contributed by atoms with Gasteiger partial charge in [-0.25, -0.2) is 0 Å². The van der Waals surface area contributed by atoms with Gasteiger partial charge in [0.15, 0.2) is 24.4 Å². The maximum atomic E-state index is 12.0. The lowest BCUT2D eigenvalue weighted by molar-refractivity contribution is -0.384. The van der Waals surface area contributed by atoms with E-state index in [1.165, 1.54) is 26.4 Å². The molecule has 0 unspecified atom stereocenters. The fourth-order valence-electron chi connectivity index (χ4n) is 2.13. The molecular formula is C17H16N2O7. The van der Waals surface area contributed by atoms with Gasteiger partial charge in [-0.15, -0.1) is 0 Å². The number of nitrogens with one attached hydrogen (secondary N) is 1. The van der Waals surface area contributed by atoms with Gasteiger partial charge in [0.2, 0.25) is 0 Å². The number of carbonyl (C=O) groups excluding carboxylic acids is 2. The lowest BCUT2D eigenvalue weighted by Crippen LogP contribution is -2.20. The Balaban J connectivity index is 2.03. The number of nitrogens with zero attached hydrogens (tertiary/aromatic N) is 1. The fourth-order valence-corrected chi connectivity index (χ4v) is 2.13. The Labute approximate surface area is 148 Å². The van der Waals surface area contributed by atoms with Crippen molar-refractivity contribution in [2.24, 2.45) is 0 Å². The zero-order valence-electron chi connectivity index (χ0n) is 14.1. The van der Waals surface area contributed by atoms with Crippen molar-refractivity contribution in [3.05, 3.63) is 52.1 Å². The van der Waals surface area contributed by atoms with Crippen molar-refractivity contribution in [2.75, 3.05) is 26.1 Å². The summed E-state index contributed by atoms with van der Waals surface area (Å²) in [6, 6.07) is 8.38. The molecule has 1 amide bonds. The Morgan fingerprint density at radius 1 is 1.12 bits per heavy atom. The van der Waals surface area contributed by atoms with E-state index < -0.39 is 10.8 Å². The first-order valence-electron chi connectivity index (χ1n) is 7.36. The van der Waals surface area contributed by atoms with Crippen molar-refractivity contribution in [3.8, 4) is 17.2 Å². The Hall–Kier alpha value is -3.62. The Morgan fingerprint density at radius 3 is 2.42 bits per heavy atom. The number of ether oxygens (including phenoxy) is 3. The van der Waals surface area contributed by atoms with Crippen LogP contribution in [0.3, 0.4) is 0 Å². The predicted octanol–water partition coefficient (Wildman–Crippen LogP) is 2.44. The molecule has 0 saturated carbocycles. The quantitative estimate of drug-likeness (QED) is 0.436. The van der Waals surface area contributed by atoms with Crippen LogP contribution >= 0.6 is 0 Å². The number of aldehydes is 1. The highest BCUT2D eigenvalue weighted by Gasteiger charge is 2.13. The van der Waals surface area contributed by atoms with E-state index in [1.54, 1.807) is 18.2 Å². The molecular weight excluding hydrogens is 344 g/mol. The molecule has 0 atom stereocenters. The van der Waals surface area contributed by atoms with Crippen molar-refractivity contribution in [1.29, 1.82) is 0 Å². The van der Waals surface area contributed by atoms with Crippen molar-refractivity contribution in [3.63, 3.8) is 0 Å². The van der Waals surface area contributed by atoms with E-state index in [2.05, 4.69) is 5.32 Å². The van der Waals surface area contributed by atoms with Crippen molar-refractivity contribution >= 4 is 23.6 Å². The number of hydrogen-bond acceptors (Lipinski definition) is 7. The highest BCUT2D eigenvalue weighted by atomic mass is 16.6. The number of methoxy groups -OCH3 is 2. The summed E-state index contributed by atoms with van der Waals surface area (Å²) in [6.45, 7) is -0.382. The zero-order valence-corrected chi connectivity index (χ0v) is 14.1. The molecule has 0 aliphatic carbocycles. The van der Waals surface area contributed by atoms with Crippen LogP contribution in [0.2, 0.25) is 0 Å². The molecule has 0 radical (unpaired) electrons. The Morgan fingerprint density at radius 2 is 1.81 bits per heavy atom. The molecule has 0 aliphatic heterocycles. The number of anilines is 1. The van der Waals surface area contributed by atoms with Gasteiger partial charge in [-0.1, -0.05) is 0 Å². The number of nitro groups is 1. The number of carbonyl (C=O) groups is 2. The van der Waals surface area contributed by atoms with Crippen molar-refractivity contribution in [2.45, 2.75) is 0 Å². The molecule has 0 aromatic heterocycles. The van der Waals surface area contributed by atoms with Crippen molar-refractivity contribution < 1.29 is 28.7 Å². The monoisotopic (exact) mass is 360 g/mol. The average molecular weight is 360 g/mol. The fraction of sp³-hybridized carbons (Fsp3) is 0.176. The standard InChI is InChI=1S/C17H16N2O7/c1-24-15-5-3-12(8-16(15)25-2)18-17(21)10-26-14-6-4-13(19(22)23)7-11(14)9-20/h3-9H,10H2,1-2H3,(H,18,21). The highest BCUT2D eigenvalue weighted by molar-refractivity contribution is 5.92. The Bertz CT molecular complexity index is 836. The first-order chi connectivity index (χ1) is 12.5. The van der Waals surface area contributed by atoms with Gasteiger partial charge in [0, 0.05) is 23.9 Å². The van der Waals surface area contributed by atoms with Gasteiger partial charge in [0.25, 0.3) is 11.6 Å². The number of rotatable bonds is 8. The lowest BCUT2D eigenvalue weighted by Gasteiger charge is -2.11. The lowest BCUT2D eigenvalue weighted by atomic mass is 10.2. The van der Waals surface area contributed by atoms with Gasteiger partial charge >= 0.3 is 0 Å². The number of nitro benzene ring substituents is 1. The number of non-ortho nitro benzene ring substituents is 1. The molecule has 0 bridgehead atoms. The van der Waals surface area contributed by atoms with E-state index >= 15 is 0 Å². The van der Waals surface area contributed by atoms with Gasteiger partial charge in [-0.05, 0) is 18.2 Å². The summed E-state index contributed by atoms with van der Waals surface area (Å²) >= 11 is 0. The minimum absolute atomic E-state index is 0.0156. The summed E-state index contributed by atoms with van der Waals surface area (Å²) in [5.74, 6) is 0.563. The van der Waals surface area contributed by atoms with Crippen LogP contribution in [0.1, 0.15) is 10.4 Å². The first-order valence-corrected chi connectivity index (χ1v) is 7.36. The van der Waals surface area contributed by atoms with Gasteiger partial charge in [-0.3, -0.25) is 19.7 Å². The SMILES string of the molecule is COc1ccc(NC(=O)COc2ccc([N+](=O)[O-])cc2C=O)cc1OC. The van der Waals surface area contributed by atoms with Crippen LogP contribution < -0.4 is 19.5 Å². The molecule has 0 fully saturated rings. The molecule has 1 N–H and O–H groups in total. The molecule has 0 aliphatic rings. The molecule has 9 nitrogen and oxygen atoms in total. The van der Waals surface area contributed by atoms with Crippen LogP contribution in [-0.4, -0.2) is 37.9 Å². The summed E-state index contributed by atoms with van der Waals surface area (Å²) in [5.41, 5.74) is 0.211.